The van der Waals surface area contributed by atoms with Crippen molar-refractivity contribution in [2.75, 3.05) is 18.5 Å². The standard InChI is InChI=1S/C20H18ClFN4O4/c1-26-9-12(8-24-26)25-20(28)15-6-11(7-23-15)19(27)17-14(21)2-3-16(18(17)22)30-13-4-5-29-10-13/h2-3,6-9,13,23H,4-5,10H2,1H3,(H,25,28). The number of hydrogen-bond acceptors (Lipinski definition) is 5. The molecule has 1 atom stereocenters. The van der Waals surface area contributed by atoms with Gasteiger partial charge in [0.05, 0.1) is 35.7 Å². The van der Waals surface area contributed by atoms with E-state index in [0.29, 0.717) is 25.3 Å². The predicted molar refractivity (Wildman–Crippen MR) is 107 cm³/mol. The van der Waals surface area contributed by atoms with Crippen LogP contribution in [0.4, 0.5) is 10.1 Å². The number of aromatic nitrogens is 3. The summed E-state index contributed by atoms with van der Waals surface area (Å²) in [5.74, 6) is -2.04. The largest absolute Gasteiger partial charge is 0.485 e. The van der Waals surface area contributed by atoms with Crippen LogP contribution in [0, 0.1) is 5.82 Å². The Bertz CT molecular complexity index is 1100. The molecule has 10 heteroatoms. The lowest BCUT2D eigenvalue weighted by atomic mass is 10.0. The van der Waals surface area contributed by atoms with Crippen molar-refractivity contribution in [1.29, 1.82) is 0 Å². The average molecular weight is 433 g/mol. The molecule has 0 bridgehead atoms. The quantitative estimate of drug-likeness (QED) is 0.583. The number of aryl methyl sites for hydroxylation is 1. The van der Waals surface area contributed by atoms with E-state index in [1.165, 1.54) is 35.3 Å². The third-order valence-electron chi connectivity index (χ3n) is 4.62. The van der Waals surface area contributed by atoms with Crippen molar-refractivity contribution in [3.63, 3.8) is 0 Å². The topological polar surface area (TPSA) is 98.2 Å². The molecule has 0 spiro atoms. The Morgan fingerprint density at radius 3 is 2.97 bits per heavy atom. The zero-order valence-corrected chi connectivity index (χ0v) is 16.7. The maximum Gasteiger partial charge on any atom is 0.272 e. The van der Waals surface area contributed by atoms with Crippen LogP contribution in [0.5, 0.6) is 5.75 Å². The van der Waals surface area contributed by atoms with E-state index >= 15 is 4.39 Å². The Hall–Kier alpha value is -3.17. The van der Waals surface area contributed by atoms with E-state index in [2.05, 4.69) is 15.4 Å². The zero-order valence-electron chi connectivity index (χ0n) is 15.9. The lowest BCUT2D eigenvalue weighted by molar-refractivity contribution is 0.102. The van der Waals surface area contributed by atoms with E-state index < -0.39 is 17.5 Å². The van der Waals surface area contributed by atoms with Crippen molar-refractivity contribution >= 4 is 29.0 Å². The van der Waals surface area contributed by atoms with Crippen molar-refractivity contribution in [3.8, 4) is 5.75 Å². The zero-order chi connectivity index (χ0) is 21.3. The molecule has 3 heterocycles. The molecule has 8 nitrogen and oxygen atoms in total. The summed E-state index contributed by atoms with van der Waals surface area (Å²) in [6.45, 7) is 0.900. The molecule has 1 amide bonds. The minimum absolute atomic E-state index is 0.0462. The molecule has 0 saturated carbocycles. The number of benzene rings is 1. The van der Waals surface area contributed by atoms with Gasteiger partial charge in [-0.3, -0.25) is 14.3 Å². The van der Waals surface area contributed by atoms with E-state index in [1.54, 1.807) is 13.2 Å². The van der Waals surface area contributed by atoms with E-state index in [1.807, 2.05) is 0 Å². The number of rotatable bonds is 6. The number of hydrogen-bond donors (Lipinski definition) is 2. The Labute approximate surface area is 175 Å². The summed E-state index contributed by atoms with van der Waals surface area (Å²) >= 11 is 6.10. The number of ether oxygens (including phenoxy) is 2. The van der Waals surface area contributed by atoms with Crippen LogP contribution < -0.4 is 10.1 Å². The molecular weight excluding hydrogens is 415 g/mol. The van der Waals surface area contributed by atoms with Gasteiger partial charge < -0.3 is 19.8 Å². The van der Waals surface area contributed by atoms with Gasteiger partial charge in [0.1, 0.15) is 11.8 Å². The highest BCUT2D eigenvalue weighted by Gasteiger charge is 2.25. The Morgan fingerprint density at radius 2 is 2.27 bits per heavy atom. The third-order valence-corrected chi connectivity index (χ3v) is 4.93. The molecule has 156 valence electrons. The van der Waals surface area contributed by atoms with Crippen LogP contribution >= 0.6 is 11.6 Å². The van der Waals surface area contributed by atoms with Crippen LogP contribution in [-0.2, 0) is 11.8 Å². The van der Waals surface area contributed by atoms with Gasteiger partial charge in [0.25, 0.3) is 5.91 Å². The number of anilines is 1. The molecule has 0 radical (unpaired) electrons. The Morgan fingerprint density at radius 1 is 1.43 bits per heavy atom. The molecular formula is C20H18ClFN4O4. The number of carbonyl (C=O) groups is 2. The fraction of sp³-hybridized carbons (Fsp3) is 0.250. The number of amides is 1. The van der Waals surface area contributed by atoms with E-state index in [4.69, 9.17) is 21.1 Å². The highest BCUT2D eigenvalue weighted by Crippen LogP contribution is 2.31. The molecule has 30 heavy (non-hydrogen) atoms. The number of carbonyl (C=O) groups excluding carboxylic acids is 2. The van der Waals surface area contributed by atoms with Crippen molar-refractivity contribution in [3.05, 3.63) is 64.5 Å². The van der Waals surface area contributed by atoms with Gasteiger partial charge in [0.15, 0.2) is 17.3 Å². The maximum absolute atomic E-state index is 15.0. The summed E-state index contributed by atoms with van der Waals surface area (Å²) in [5, 5.41) is 6.56. The number of H-pyrrole nitrogens is 1. The van der Waals surface area contributed by atoms with E-state index in [0.717, 1.165) is 0 Å². The summed E-state index contributed by atoms with van der Waals surface area (Å²) < 4.78 is 27.4. The van der Waals surface area contributed by atoms with Gasteiger partial charge in [-0.05, 0) is 18.2 Å². The summed E-state index contributed by atoms with van der Waals surface area (Å²) in [6, 6.07) is 4.13. The van der Waals surface area contributed by atoms with Crippen molar-refractivity contribution in [2.45, 2.75) is 12.5 Å². The van der Waals surface area contributed by atoms with Gasteiger partial charge in [-0.25, -0.2) is 4.39 Å². The summed E-state index contributed by atoms with van der Waals surface area (Å²) in [5.41, 5.74) is 0.411. The minimum Gasteiger partial charge on any atom is -0.485 e. The second-order valence-electron chi connectivity index (χ2n) is 6.83. The Balaban J connectivity index is 1.55. The lowest BCUT2D eigenvalue weighted by Gasteiger charge is -2.14. The van der Waals surface area contributed by atoms with Crippen molar-refractivity contribution < 1.29 is 23.5 Å². The highest BCUT2D eigenvalue weighted by atomic mass is 35.5. The summed E-state index contributed by atoms with van der Waals surface area (Å²) in [6.07, 6.45) is 4.80. The molecule has 1 saturated heterocycles. The number of aromatic amines is 1. The minimum atomic E-state index is -0.845. The SMILES string of the molecule is Cn1cc(NC(=O)c2cc(C(=O)c3c(Cl)ccc(OC4CCOC4)c3F)c[nH]2)cn1. The smallest absolute Gasteiger partial charge is 0.272 e. The molecule has 1 aliphatic heterocycles. The molecule has 1 aromatic carbocycles. The predicted octanol–water partition coefficient (Wildman–Crippen LogP) is 3.19. The second kappa shape index (κ2) is 8.29. The van der Waals surface area contributed by atoms with Crippen molar-refractivity contribution in [2.24, 2.45) is 7.05 Å². The average Bonchev–Trinajstić information content (AvgIpc) is 3.46. The van der Waals surface area contributed by atoms with Crippen LogP contribution in [0.1, 0.15) is 32.8 Å². The third kappa shape index (κ3) is 4.07. The first-order valence-electron chi connectivity index (χ1n) is 9.18. The first-order chi connectivity index (χ1) is 14.4. The van der Waals surface area contributed by atoms with E-state index in [9.17, 15) is 9.59 Å². The molecule has 1 unspecified atom stereocenters. The number of ketones is 1. The van der Waals surface area contributed by atoms with Gasteiger partial charge in [0.2, 0.25) is 0 Å². The summed E-state index contributed by atoms with van der Waals surface area (Å²) in [4.78, 5) is 28.0. The molecule has 1 aliphatic rings. The van der Waals surface area contributed by atoms with Gasteiger partial charge in [0, 0.05) is 31.4 Å². The molecule has 2 aromatic heterocycles. The van der Waals surface area contributed by atoms with E-state index in [-0.39, 0.29) is 33.7 Å². The molecule has 4 rings (SSSR count). The summed E-state index contributed by atoms with van der Waals surface area (Å²) in [7, 11) is 1.72. The van der Waals surface area contributed by atoms with Crippen LogP contribution in [-0.4, -0.2) is 45.8 Å². The first-order valence-corrected chi connectivity index (χ1v) is 9.55. The van der Waals surface area contributed by atoms with Crippen molar-refractivity contribution in [1.82, 2.24) is 14.8 Å². The number of nitrogens with zero attached hydrogens (tertiary/aromatic N) is 2. The van der Waals surface area contributed by atoms with Crippen LogP contribution in [0.25, 0.3) is 0 Å². The monoisotopic (exact) mass is 432 g/mol. The van der Waals surface area contributed by atoms with Gasteiger partial charge in [-0.2, -0.15) is 5.10 Å². The highest BCUT2D eigenvalue weighted by molar-refractivity contribution is 6.35. The normalized spacial score (nSPS) is 15.9. The van der Waals surface area contributed by atoms with Gasteiger partial charge in [-0.15, -0.1) is 0 Å². The fourth-order valence-corrected chi connectivity index (χ4v) is 3.33. The lowest BCUT2D eigenvalue weighted by Crippen LogP contribution is -2.17. The van der Waals surface area contributed by atoms with Gasteiger partial charge >= 0.3 is 0 Å². The van der Waals surface area contributed by atoms with Gasteiger partial charge in [-0.1, -0.05) is 11.6 Å². The number of halogens is 2. The maximum atomic E-state index is 15.0. The molecule has 1 fully saturated rings. The second-order valence-corrected chi connectivity index (χ2v) is 7.23. The van der Waals surface area contributed by atoms with Crippen LogP contribution in [0.15, 0.2) is 36.8 Å². The fourth-order valence-electron chi connectivity index (χ4n) is 3.10. The first kappa shape index (κ1) is 20.1. The Kier molecular flexibility index (Phi) is 5.56. The molecule has 3 aromatic rings. The number of nitrogens with one attached hydrogen (secondary N) is 2. The molecule has 0 aliphatic carbocycles. The van der Waals surface area contributed by atoms with Crippen LogP contribution in [0.2, 0.25) is 5.02 Å². The van der Waals surface area contributed by atoms with Crippen LogP contribution in [0.3, 0.4) is 0 Å². The molecule has 2 N–H and O–H groups in total.